The molecule has 0 amide bonds. The highest BCUT2D eigenvalue weighted by atomic mass is 16.5. The van der Waals surface area contributed by atoms with Gasteiger partial charge < -0.3 is 57.0 Å². The van der Waals surface area contributed by atoms with Gasteiger partial charge >= 0.3 is 0 Å². The number of nitrogens with zero attached hydrogens (tertiary/aromatic N) is 3. The van der Waals surface area contributed by atoms with Crippen molar-refractivity contribution in [2.45, 2.75) is 44.9 Å². The lowest BCUT2D eigenvalue weighted by Gasteiger charge is -2.45. The zero-order valence-electron chi connectivity index (χ0n) is 48.9. The van der Waals surface area contributed by atoms with Crippen LogP contribution in [0.25, 0.3) is 44.2 Å². The molecule has 88 heavy (non-hydrogen) atoms. The molecule has 0 saturated heterocycles. The Morgan fingerprint density at radius 1 is 0.375 bits per heavy atom. The van der Waals surface area contributed by atoms with E-state index in [0.29, 0.717) is 87.4 Å². The fraction of sp³-hybridized carbons (Fsp3) is 0.200. The molecule has 0 saturated carbocycles. The normalized spacial score (nSPS) is 16.3. The molecule has 18 rings (SSSR count). The van der Waals surface area contributed by atoms with E-state index in [1.54, 1.807) is 0 Å². The third-order valence-electron chi connectivity index (χ3n) is 18.6. The minimum absolute atomic E-state index is 0.276. The first-order chi connectivity index (χ1) is 43.3. The van der Waals surface area contributed by atoms with Crippen molar-refractivity contribution in [3.05, 3.63) is 193 Å². The standard InChI is InChI=1S/C75H60BN3O9/c1-75(2)56-13-5-4-12-54(56)55-22-19-50(36-57(55)75)77(49-18-17-45-33-48(16-15-46(45)34-49)67-35-47-11-3-6-14-64(47)88-67)53-37-62-74-63(38-53)79(52-21-24-66-69(40-52)83-28-8-26-81-66)61-44-73-71(85-30-10-32-87-73)42-59(61)76(74)58-41-70-72(86-31-9-29-84-70)43-60(58)78(62)51-20-23-65-68(39-51)82-27-7-25-80-65/h3-6,11-24,33-44H,7-10,25-32H2,1-2H3. The Kier molecular flexibility index (Phi) is 11.6. The van der Waals surface area contributed by atoms with Crippen LogP contribution < -0.4 is 69.0 Å². The number of rotatable bonds is 6. The smallest absolute Gasteiger partial charge is 0.252 e. The number of anilines is 9. The summed E-state index contributed by atoms with van der Waals surface area (Å²) in [5, 5.41) is 3.26. The van der Waals surface area contributed by atoms with E-state index in [0.717, 1.165) is 138 Å². The lowest BCUT2D eigenvalue weighted by molar-refractivity contribution is 0.296. The summed E-state index contributed by atoms with van der Waals surface area (Å²) in [6.45, 7) is 8.76. The first-order valence-electron chi connectivity index (χ1n) is 30.9. The fourth-order valence-electron chi connectivity index (χ4n) is 14.5. The van der Waals surface area contributed by atoms with Crippen molar-refractivity contribution in [1.82, 2.24) is 0 Å². The Balaban J connectivity index is 0.928. The number of benzene rings is 10. The van der Waals surface area contributed by atoms with Crippen molar-refractivity contribution >= 4 is 96.0 Å². The Morgan fingerprint density at radius 2 is 0.875 bits per heavy atom. The average molecular weight is 1160 g/mol. The molecule has 7 heterocycles. The highest BCUT2D eigenvalue weighted by molar-refractivity contribution is 7.00. The van der Waals surface area contributed by atoms with Crippen molar-refractivity contribution in [3.8, 4) is 68.4 Å². The molecular formula is C75H60BN3O9. The molecule has 432 valence electrons. The first kappa shape index (κ1) is 51.1. The Morgan fingerprint density at radius 3 is 1.49 bits per heavy atom. The lowest BCUT2D eigenvalue weighted by atomic mass is 9.33. The zero-order valence-corrected chi connectivity index (χ0v) is 48.9. The van der Waals surface area contributed by atoms with E-state index in [1.807, 2.05) is 18.2 Å². The van der Waals surface area contributed by atoms with Gasteiger partial charge in [0.25, 0.3) is 6.71 Å². The summed E-state index contributed by atoms with van der Waals surface area (Å²) in [4.78, 5) is 7.25. The van der Waals surface area contributed by atoms with Crippen LogP contribution in [0.4, 0.5) is 51.2 Å². The molecule has 13 heteroatoms. The molecule has 10 aromatic carbocycles. The van der Waals surface area contributed by atoms with Gasteiger partial charge in [0.05, 0.1) is 69.9 Å². The van der Waals surface area contributed by atoms with Crippen molar-refractivity contribution in [2.24, 2.45) is 0 Å². The summed E-state index contributed by atoms with van der Waals surface area (Å²) in [5.74, 6) is 6.48. The van der Waals surface area contributed by atoms with Crippen LogP contribution in [0.5, 0.6) is 46.0 Å². The summed E-state index contributed by atoms with van der Waals surface area (Å²) in [7, 11) is 0. The molecule has 0 atom stereocenters. The molecule has 0 radical (unpaired) electrons. The first-order valence-corrected chi connectivity index (χ1v) is 30.9. The van der Waals surface area contributed by atoms with E-state index in [4.69, 9.17) is 42.3 Å². The molecule has 1 aromatic heterocycles. The van der Waals surface area contributed by atoms with Crippen molar-refractivity contribution < 1.29 is 42.3 Å². The van der Waals surface area contributed by atoms with Gasteiger partial charge in [0.15, 0.2) is 46.0 Å². The van der Waals surface area contributed by atoms with E-state index in [2.05, 4.69) is 192 Å². The maximum atomic E-state index is 6.65. The monoisotopic (exact) mass is 1160 g/mol. The number of hydrogen-bond acceptors (Lipinski definition) is 12. The van der Waals surface area contributed by atoms with Crippen molar-refractivity contribution in [2.75, 3.05) is 67.6 Å². The van der Waals surface area contributed by atoms with Crippen LogP contribution in [-0.2, 0) is 5.41 Å². The molecule has 0 fully saturated rings. The minimum Gasteiger partial charge on any atom is -0.490 e. The SMILES string of the molecule is CC1(C)c2ccccc2-c2ccc(N(c3cc4c5c(c3)N(c3ccc6c(c3)OCCCO6)c3cc6c(cc3B5c3cc5c(cc3N4c3ccc4c(c3)OCCCO4)OCCCO5)OCCCO6)c3ccc4cc(-c5cc6ccccc6o5)ccc4c3)cc21. The van der Waals surface area contributed by atoms with Gasteiger partial charge in [-0.3, -0.25) is 0 Å². The molecule has 11 aromatic rings. The molecule has 0 N–H and O–H groups in total. The van der Waals surface area contributed by atoms with E-state index < -0.39 is 0 Å². The lowest BCUT2D eigenvalue weighted by Crippen LogP contribution is -2.61. The van der Waals surface area contributed by atoms with Gasteiger partial charge in [-0.1, -0.05) is 80.6 Å². The minimum atomic E-state index is -0.332. The van der Waals surface area contributed by atoms with Gasteiger partial charge in [0.1, 0.15) is 11.3 Å². The third-order valence-corrected chi connectivity index (χ3v) is 18.6. The highest BCUT2D eigenvalue weighted by Crippen LogP contribution is 2.55. The fourth-order valence-corrected chi connectivity index (χ4v) is 14.5. The summed E-state index contributed by atoms with van der Waals surface area (Å²) in [6.07, 6.45) is 3.09. The molecule has 0 bridgehead atoms. The van der Waals surface area contributed by atoms with E-state index >= 15 is 0 Å². The quantitative estimate of drug-likeness (QED) is 0.148. The highest BCUT2D eigenvalue weighted by Gasteiger charge is 2.46. The van der Waals surface area contributed by atoms with Crippen LogP contribution in [0.3, 0.4) is 0 Å². The van der Waals surface area contributed by atoms with Gasteiger partial charge in [-0.25, -0.2) is 0 Å². The largest absolute Gasteiger partial charge is 0.490 e. The maximum Gasteiger partial charge on any atom is 0.252 e. The van der Waals surface area contributed by atoms with Crippen LogP contribution >= 0.6 is 0 Å². The number of hydrogen-bond donors (Lipinski definition) is 0. The third kappa shape index (κ3) is 8.12. The number of furan rings is 1. The molecule has 0 spiro atoms. The van der Waals surface area contributed by atoms with Gasteiger partial charge in [-0.15, -0.1) is 0 Å². The number of fused-ring (bicyclic) bond motifs is 13. The molecule has 7 aliphatic rings. The van der Waals surface area contributed by atoms with Crippen molar-refractivity contribution in [1.29, 1.82) is 0 Å². The van der Waals surface area contributed by atoms with Crippen LogP contribution in [0.1, 0.15) is 50.7 Å². The van der Waals surface area contributed by atoms with Crippen LogP contribution in [0.2, 0.25) is 0 Å². The maximum absolute atomic E-state index is 6.65. The summed E-state index contributed by atoms with van der Waals surface area (Å²) >= 11 is 0. The molecule has 1 aliphatic carbocycles. The molecule has 0 unspecified atom stereocenters. The second-order valence-electron chi connectivity index (χ2n) is 24.3. The Labute approximate surface area is 509 Å². The predicted molar refractivity (Wildman–Crippen MR) is 348 cm³/mol. The van der Waals surface area contributed by atoms with E-state index in [9.17, 15) is 0 Å². The predicted octanol–water partition coefficient (Wildman–Crippen LogP) is 15.8. The van der Waals surface area contributed by atoms with Gasteiger partial charge in [0, 0.05) is 100 Å². The van der Waals surface area contributed by atoms with Crippen LogP contribution in [0.15, 0.2) is 186 Å². The number of para-hydroxylation sites is 1. The summed E-state index contributed by atoms with van der Waals surface area (Å²) in [5.41, 5.74) is 18.5. The van der Waals surface area contributed by atoms with Gasteiger partial charge in [0.2, 0.25) is 0 Å². The molecule has 12 nitrogen and oxygen atoms in total. The molecule has 6 aliphatic heterocycles. The Bertz CT molecular complexity index is 4520. The Hall–Kier alpha value is -10.1. The molecular weight excluding hydrogens is 1100 g/mol. The summed E-state index contributed by atoms with van der Waals surface area (Å²) in [6, 6.07) is 66.0. The summed E-state index contributed by atoms with van der Waals surface area (Å²) < 4.78 is 58.8. The zero-order chi connectivity index (χ0) is 58.2. The second-order valence-corrected chi connectivity index (χ2v) is 24.3. The van der Waals surface area contributed by atoms with Crippen LogP contribution in [-0.4, -0.2) is 59.6 Å². The van der Waals surface area contributed by atoms with E-state index in [1.165, 1.54) is 22.3 Å². The number of ether oxygens (including phenoxy) is 8. The van der Waals surface area contributed by atoms with Gasteiger partial charge in [-0.05, 0) is 140 Å². The second kappa shape index (κ2) is 20.0. The average Bonchev–Trinajstić information content (AvgIpc) is 0.807. The van der Waals surface area contributed by atoms with Crippen LogP contribution in [0, 0.1) is 0 Å². The van der Waals surface area contributed by atoms with Crippen molar-refractivity contribution in [3.63, 3.8) is 0 Å². The topological polar surface area (TPSA) is 96.7 Å². The van der Waals surface area contributed by atoms with E-state index in [-0.39, 0.29) is 12.1 Å². The van der Waals surface area contributed by atoms with Gasteiger partial charge in [-0.2, -0.15) is 0 Å².